The summed E-state index contributed by atoms with van der Waals surface area (Å²) in [4.78, 5) is 8.86. The average molecular weight is 308 g/mol. The summed E-state index contributed by atoms with van der Waals surface area (Å²) in [5.74, 6) is -0.859. The van der Waals surface area contributed by atoms with E-state index in [2.05, 4.69) is 9.97 Å². The molecule has 3 rings (SSSR count). The van der Waals surface area contributed by atoms with Crippen molar-refractivity contribution in [3.8, 4) is 0 Å². The van der Waals surface area contributed by atoms with Crippen LogP contribution in [0.4, 0.5) is 8.78 Å². The van der Waals surface area contributed by atoms with Gasteiger partial charge in [-0.05, 0) is 36.8 Å². The molecule has 0 aliphatic heterocycles. The predicted octanol–water partition coefficient (Wildman–Crippen LogP) is 3.81. The molecule has 6 heteroatoms. The molecule has 21 heavy (non-hydrogen) atoms. The van der Waals surface area contributed by atoms with Crippen LogP contribution in [0.1, 0.15) is 17.1 Å². The number of nitrogens with zero attached hydrogens (tertiary/aromatic N) is 3. The van der Waals surface area contributed by atoms with Crippen LogP contribution < -0.4 is 0 Å². The van der Waals surface area contributed by atoms with Crippen molar-refractivity contribution in [2.24, 2.45) is 0 Å². The number of alkyl halides is 1. The van der Waals surface area contributed by atoms with E-state index in [9.17, 15) is 8.78 Å². The molecular formula is C15H12ClF2N3. The van der Waals surface area contributed by atoms with Crippen molar-refractivity contribution in [3.63, 3.8) is 0 Å². The number of fused-ring (bicyclic) bond motifs is 1. The van der Waals surface area contributed by atoms with E-state index < -0.39 is 11.6 Å². The van der Waals surface area contributed by atoms with Gasteiger partial charge in [0.05, 0.1) is 12.4 Å². The Morgan fingerprint density at radius 2 is 1.90 bits per heavy atom. The van der Waals surface area contributed by atoms with Gasteiger partial charge in [-0.3, -0.25) is 0 Å². The number of benzene rings is 1. The lowest BCUT2D eigenvalue weighted by Gasteiger charge is -2.08. The van der Waals surface area contributed by atoms with Crippen molar-refractivity contribution in [1.29, 1.82) is 0 Å². The summed E-state index contributed by atoms with van der Waals surface area (Å²) in [7, 11) is 0. The van der Waals surface area contributed by atoms with Gasteiger partial charge >= 0.3 is 0 Å². The number of halogens is 3. The lowest BCUT2D eigenvalue weighted by atomic mass is 10.2. The van der Waals surface area contributed by atoms with E-state index in [1.165, 1.54) is 12.1 Å². The van der Waals surface area contributed by atoms with E-state index in [0.717, 1.165) is 17.3 Å². The summed E-state index contributed by atoms with van der Waals surface area (Å²) in [5.41, 5.74) is 2.91. The molecule has 3 nitrogen and oxygen atoms in total. The van der Waals surface area contributed by atoms with Gasteiger partial charge in [-0.25, -0.2) is 18.7 Å². The Morgan fingerprint density at radius 1 is 1.10 bits per heavy atom. The molecule has 0 radical (unpaired) electrons. The Morgan fingerprint density at radius 3 is 2.62 bits per heavy atom. The number of imidazole rings is 1. The molecule has 3 aromatic rings. The zero-order chi connectivity index (χ0) is 15.0. The highest BCUT2D eigenvalue weighted by atomic mass is 35.5. The molecule has 0 bridgehead atoms. The summed E-state index contributed by atoms with van der Waals surface area (Å²) in [6, 6.07) is 7.57. The van der Waals surface area contributed by atoms with Gasteiger partial charge in [0.15, 0.2) is 17.3 Å². The molecule has 1 aromatic carbocycles. The minimum Gasteiger partial charge on any atom is -0.307 e. The van der Waals surface area contributed by atoms with Crippen molar-refractivity contribution in [2.75, 3.05) is 0 Å². The van der Waals surface area contributed by atoms with Gasteiger partial charge in [-0.2, -0.15) is 0 Å². The molecule has 0 spiro atoms. The molecule has 0 amide bonds. The zero-order valence-electron chi connectivity index (χ0n) is 11.3. The van der Waals surface area contributed by atoms with Crippen molar-refractivity contribution >= 4 is 22.8 Å². The Kier molecular flexibility index (Phi) is 3.59. The fraction of sp³-hybridized carbons (Fsp3) is 0.200. The lowest BCUT2D eigenvalue weighted by Crippen LogP contribution is -2.05. The van der Waals surface area contributed by atoms with E-state index in [4.69, 9.17) is 11.6 Å². The largest absolute Gasteiger partial charge is 0.307 e. The van der Waals surface area contributed by atoms with Gasteiger partial charge < -0.3 is 4.57 Å². The predicted molar refractivity (Wildman–Crippen MR) is 77.3 cm³/mol. The maximum Gasteiger partial charge on any atom is 0.160 e. The van der Waals surface area contributed by atoms with Crippen molar-refractivity contribution < 1.29 is 8.78 Å². The van der Waals surface area contributed by atoms with E-state index in [1.54, 1.807) is 0 Å². The highest BCUT2D eigenvalue weighted by Crippen LogP contribution is 2.19. The van der Waals surface area contributed by atoms with Crippen LogP contribution in [0.2, 0.25) is 0 Å². The highest BCUT2D eigenvalue weighted by molar-refractivity contribution is 6.16. The third kappa shape index (κ3) is 2.61. The normalized spacial score (nSPS) is 11.2. The maximum absolute atomic E-state index is 13.3. The van der Waals surface area contributed by atoms with Crippen molar-refractivity contribution in [1.82, 2.24) is 14.5 Å². The van der Waals surface area contributed by atoms with Crippen LogP contribution in [0.15, 0.2) is 30.3 Å². The first kappa shape index (κ1) is 13.9. The molecule has 0 aliphatic carbocycles. The summed E-state index contributed by atoms with van der Waals surface area (Å²) in [6.45, 7) is 2.22. The minimum absolute atomic E-state index is 0.221. The smallest absolute Gasteiger partial charge is 0.160 e. The SMILES string of the molecule is Cc1ccc2nc(CCl)n(Cc3ccc(F)c(F)c3)c2n1. The summed E-state index contributed by atoms with van der Waals surface area (Å²) >= 11 is 5.92. The van der Waals surface area contributed by atoms with Crippen LogP contribution in [0.5, 0.6) is 0 Å². The van der Waals surface area contributed by atoms with Gasteiger partial charge in [0.25, 0.3) is 0 Å². The number of hydrogen-bond acceptors (Lipinski definition) is 2. The van der Waals surface area contributed by atoms with Crippen molar-refractivity contribution in [2.45, 2.75) is 19.3 Å². The Hall–Kier alpha value is -2.01. The number of aromatic nitrogens is 3. The third-order valence-electron chi connectivity index (χ3n) is 3.25. The summed E-state index contributed by atoms with van der Waals surface area (Å²) in [5, 5.41) is 0. The molecular weight excluding hydrogens is 296 g/mol. The second kappa shape index (κ2) is 5.41. The molecule has 0 saturated heterocycles. The van der Waals surface area contributed by atoms with Crippen molar-refractivity contribution in [3.05, 3.63) is 59.0 Å². The van der Waals surface area contributed by atoms with Crippen LogP contribution in [0, 0.1) is 18.6 Å². The first-order chi connectivity index (χ1) is 10.1. The van der Waals surface area contributed by atoms with E-state index >= 15 is 0 Å². The number of aryl methyl sites for hydroxylation is 1. The first-order valence-electron chi connectivity index (χ1n) is 6.41. The number of pyridine rings is 1. The number of hydrogen-bond donors (Lipinski definition) is 0. The molecule has 0 fully saturated rings. The van der Waals surface area contributed by atoms with Gasteiger partial charge in [0, 0.05) is 5.69 Å². The molecule has 0 aliphatic rings. The summed E-state index contributed by atoms with van der Waals surface area (Å²) < 4.78 is 28.1. The quantitative estimate of drug-likeness (QED) is 0.689. The molecule has 0 atom stereocenters. The lowest BCUT2D eigenvalue weighted by molar-refractivity contribution is 0.506. The van der Waals surface area contributed by atoms with Gasteiger partial charge in [-0.1, -0.05) is 6.07 Å². The second-order valence-corrected chi connectivity index (χ2v) is 5.06. The fourth-order valence-electron chi connectivity index (χ4n) is 2.23. The van der Waals surface area contributed by atoms with Gasteiger partial charge in [0.2, 0.25) is 0 Å². The third-order valence-corrected chi connectivity index (χ3v) is 3.49. The number of rotatable bonds is 3. The fourth-order valence-corrected chi connectivity index (χ4v) is 2.44. The van der Waals surface area contributed by atoms with Crippen LogP contribution in [-0.2, 0) is 12.4 Å². The molecule has 0 unspecified atom stereocenters. The van der Waals surface area contributed by atoms with Crippen LogP contribution in [-0.4, -0.2) is 14.5 Å². The maximum atomic E-state index is 13.3. The topological polar surface area (TPSA) is 30.7 Å². The van der Waals surface area contributed by atoms with Gasteiger partial charge in [0.1, 0.15) is 11.3 Å². The van der Waals surface area contributed by atoms with E-state index in [-0.39, 0.29) is 5.88 Å². The molecule has 0 saturated carbocycles. The van der Waals surface area contributed by atoms with E-state index in [1.807, 2.05) is 23.6 Å². The van der Waals surface area contributed by atoms with E-state index in [0.29, 0.717) is 23.6 Å². The molecule has 2 heterocycles. The van der Waals surface area contributed by atoms with Gasteiger partial charge in [-0.15, -0.1) is 11.6 Å². The Balaban J connectivity index is 2.09. The molecule has 0 N–H and O–H groups in total. The Bertz CT molecular complexity index is 814. The first-order valence-corrected chi connectivity index (χ1v) is 6.94. The van der Waals surface area contributed by atoms with Crippen LogP contribution in [0.3, 0.4) is 0 Å². The molecule has 2 aromatic heterocycles. The highest BCUT2D eigenvalue weighted by Gasteiger charge is 2.12. The average Bonchev–Trinajstić information content (AvgIpc) is 2.80. The van der Waals surface area contributed by atoms with Crippen LogP contribution in [0.25, 0.3) is 11.2 Å². The monoisotopic (exact) mass is 307 g/mol. The minimum atomic E-state index is -0.867. The Labute approximate surface area is 125 Å². The molecule has 108 valence electrons. The summed E-state index contributed by atoms with van der Waals surface area (Å²) in [6.07, 6.45) is 0. The standard InChI is InChI=1S/C15H12ClF2N3/c1-9-2-5-13-15(19-9)21(14(7-16)20-13)8-10-3-4-11(17)12(18)6-10/h2-6H,7-8H2,1H3. The van der Waals surface area contributed by atoms with Crippen LogP contribution >= 0.6 is 11.6 Å². The zero-order valence-corrected chi connectivity index (χ0v) is 12.0. The second-order valence-electron chi connectivity index (χ2n) is 4.79.